The third kappa shape index (κ3) is 10.5. The number of hydrogen-bond acceptors (Lipinski definition) is 4. The average Bonchev–Trinajstić information content (AvgIpc) is 2.59. The van der Waals surface area contributed by atoms with Crippen LogP contribution in [0.4, 0.5) is 0 Å². The van der Waals surface area contributed by atoms with Crippen LogP contribution in [0.25, 0.3) is 0 Å². The minimum Gasteiger partial charge on any atom is -0.383 e. The molecular weight excluding hydrogens is 292 g/mol. The third-order valence-electron chi connectivity index (χ3n) is 4.21. The molecule has 0 amide bonds. The Bertz CT molecular complexity index is 307. The summed E-state index contributed by atoms with van der Waals surface area (Å²) in [6.07, 6.45) is 8.05. The van der Waals surface area contributed by atoms with Crippen LogP contribution in [0, 0.1) is 0 Å². The smallest absolute Gasteiger partial charge is 0.191 e. The average molecular weight is 329 g/mol. The predicted molar refractivity (Wildman–Crippen MR) is 96.2 cm³/mol. The zero-order valence-electron chi connectivity index (χ0n) is 15.3. The van der Waals surface area contributed by atoms with Crippen LogP contribution in [-0.2, 0) is 9.47 Å². The van der Waals surface area contributed by atoms with E-state index in [2.05, 4.69) is 27.6 Å². The van der Waals surface area contributed by atoms with Gasteiger partial charge in [0, 0.05) is 46.9 Å². The highest BCUT2D eigenvalue weighted by molar-refractivity contribution is 5.79. The number of nitrogens with one attached hydrogen (secondary N) is 2. The predicted octanol–water partition coefficient (Wildman–Crippen LogP) is 1.47. The molecule has 6 heteroatoms. The maximum atomic E-state index is 5.93. The lowest BCUT2D eigenvalue weighted by Gasteiger charge is -2.22. The van der Waals surface area contributed by atoms with Gasteiger partial charge in [-0.2, -0.15) is 0 Å². The molecule has 1 fully saturated rings. The van der Waals surface area contributed by atoms with Crippen LogP contribution in [0.3, 0.4) is 0 Å². The first-order valence-corrected chi connectivity index (χ1v) is 9.00. The van der Waals surface area contributed by atoms with Crippen LogP contribution < -0.4 is 10.6 Å². The number of nitrogens with zero attached hydrogens (tertiary/aromatic N) is 2. The number of likely N-dealkylation sites (N-methyl/N-ethyl adjacent to an activating group) is 1. The minimum absolute atomic E-state index is 0.504. The van der Waals surface area contributed by atoms with Crippen molar-refractivity contribution in [3.8, 4) is 0 Å². The highest BCUT2D eigenvalue weighted by Crippen LogP contribution is 2.20. The summed E-state index contributed by atoms with van der Waals surface area (Å²) in [5, 5.41) is 6.67. The summed E-state index contributed by atoms with van der Waals surface area (Å²) in [6.45, 7) is 5.29. The minimum atomic E-state index is 0.504. The summed E-state index contributed by atoms with van der Waals surface area (Å²) in [5.41, 5.74) is 0. The first-order chi connectivity index (χ1) is 11.3. The zero-order valence-corrected chi connectivity index (χ0v) is 15.3. The highest BCUT2D eigenvalue weighted by atomic mass is 16.5. The standard InChI is InChI=1S/C17H36N4O2/c1-18-17(20-11-12-21(2)13-15-22-3)19-10-7-14-23-16-8-5-4-6-9-16/h16H,4-15H2,1-3H3,(H2,18,19,20). The molecular formula is C17H36N4O2. The van der Waals surface area contributed by atoms with Gasteiger partial charge in [-0.15, -0.1) is 0 Å². The van der Waals surface area contributed by atoms with Crippen molar-refractivity contribution in [2.24, 2.45) is 4.99 Å². The summed E-state index contributed by atoms with van der Waals surface area (Å²) >= 11 is 0. The second kappa shape index (κ2) is 13.6. The number of aliphatic imine (C=N–C) groups is 1. The Morgan fingerprint density at radius 3 is 2.52 bits per heavy atom. The Balaban J connectivity index is 1.98. The Morgan fingerprint density at radius 1 is 1.09 bits per heavy atom. The van der Waals surface area contributed by atoms with Gasteiger partial charge in [0.25, 0.3) is 0 Å². The van der Waals surface area contributed by atoms with Gasteiger partial charge in [0.05, 0.1) is 12.7 Å². The molecule has 136 valence electrons. The van der Waals surface area contributed by atoms with Crippen LogP contribution in [0.2, 0.25) is 0 Å². The molecule has 1 rings (SSSR count). The molecule has 0 heterocycles. The van der Waals surface area contributed by atoms with Crippen LogP contribution in [0.1, 0.15) is 38.5 Å². The Morgan fingerprint density at radius 2 is 1.83 bits per heavy atom. The van der Waals surface area contributed by atoms with Crippen molar-refractivity contribution in [1.82, 2.24) is 15.5 Å². The molecule has 0 aromatic heterocycles. The normalized spacial score (nSPS) is 16.8. The van der Waals surface area contributed by atoms with E-state index in [1.165, 1.54) is 32.1 Å². The molecule has 0 radical (unpaired) electrons. The van der Waals surface area contributed by atoms with Crippen LogP contribution >= 0.6 is 0 Å². The Hall–Kier alpha value is -0.850. The first-order valence-electron chi connectivity index (χ1n) is 9.00. The van der Waals surface area contributed by atoms with E-state index in [0.29, 0.717) is 6.10 Å². The number of methoxy groups -OCH3 is 1. The maximum Gasteiger partial charge on any atom is 0.191 e. The van der Waals surface area contributed by atoms with E-state index in [1.807, 2.05) is 7.05 Å². The molecule has 23 heavy (non-hydrogen) atoms. The fourth-order valence-electron chi connectivity index (χ4n) is 2.71. The largest absolute Gasteiger partial charge is 0.383 e. The zero-order chi connectivity index (χ0) is 16.8. The van der Waals surface area contributed by atoms with Crippen molar-refractivity contribution in [3.05, 3.63) is 0 Å². The summed E-state index contributed by atoms with van der Waals surface area (Å²) < 4.78 is 11.0. The van der Waals surface area contributed by atoms with Crippen molar-refractivity contribution < 1.29 is 9.47 Å². The van der Waals surface area contributed by atoms with Gasteiger partial charge in [0.2, 0.25) is 0 Å². The van der Waals surface area contributed by atoms with Crippen molar-refractivity contribution in [1.29, 1.82) is 0 Å². The molecule has 0 aromatic rings. The summed E-state index contributed by atoms with van der Waals surface area (Å²) in [5.74, 6) is 0.864. The van der Waals surface area contributed by atoms with E-state index < -0.39 is 0 Å². The summed E-state index contributed by atoms with van der Waals surface area (Å²) in [4.78, 5) is 6.48. The van der Waals surface area contributed by atoms with Crippen molar-refractivity contribution in [3.63, 3.8) is 0 Å². The van der Waals surface area contributed by atoms with Gasteiger partial charge >= 0.3 is 0 Å². The van der Waals surface area contributed by atoms with E-state index in [-0.39, 0.29) is 0 Å². The van der Waals surface area contributed by atoms with Gasteiger partial charge in [-0.3, -0.25) is 4.99 Å². The molecule has 6 nitrogen and oxygen atoms in total. The quantitative estimate of drug-likeness (QED) is 0.342. The molecule has 1 saturated carbocycles. The van der Waals surface area contributed by atoms with E-state index in [4.69, 9.17) is 9.47 Å². The number of guanidine groups is 1. The summed E-state index contributed by atoms with van der Waals surface area (Å²) in [6, 6.07) is 0. The van der Waals surface area contributed by atoms with Gasteiger partial charge in [0.1, 0.15) is 0 Å². The fourth-order valence-corrected chi connectivity index (χ4v) is 2.71. The molecule has 0 spiro atoms. The van der Waals surface area contributed by atoms with Crippen molar-refractivity contribution >= 4 is 5.96 Å². The lowest BCUT2D eigenvalue weighted by atomic mass is 9.98. The van der Waals surface area contributed by atoms with Gasteiger partial charge in [-0.25, -0.2) is 0 Å². The first kappa shape index (κ1) is 20.2. The van der Waals surface area contributed by atoms with E-state index >= 15 is 0 Å². The Labute approximate surface area is 142 Å². The van der Waals surface area contributed by atoms with E-state index in [1.54, 1.807) is 7.11 Å². The van der Waals surface area contributed by atoms with Crippen molar-refractivity contribution in [2.75, 3.05) is 60.6 Å². The molecule has 0 aromatic carbocycles. The van der Waals surface area contributed by atoms with Crippen molar-refractivity contribution in [2.45, 2.75) is 44.6 Å². The highest BCUT2D eigenvalue weighted by Gasteiger charge is 2.12. The summed E-state index contributed by atoms with van der Waals surface area (Å²) in [7, 11) is 5.64. The lowest BCUT2D eigenvalue weighted by Crippen LogP contribution is -2.41. The number of hydrogen-bond donors (Lipinski definition) is 2. The van der Waals surface area contributed by atoms with Gasteiger partial charge < -0.3 is 25.0 Å². The van der Waals surface area contributed by atoms with Gasteiger partial charge in [0.15, 0.2) is 5.96 Å². The monoisotopic (exact) mass is 328 g/mol. The number of ether oxygens (including phenoxy) is 2. The fraction of sp³-hybridized carbons (Fsp3) is 0.941. The van der Waals surface area contributed by atoms with Crippen LogP contribution in [0.15, 0.2) is 4.99 Å². The second-order valence-corrected chi connectivity index (χ2v) is 6.21. The second-order valence-electron chi connectivity index (χ2n) is 6.21. The lowest BCUT2D eigenvalue weighted by molar-refractivity contribution is 0.0277. The van der Waals surface area contributed by atoms with Crippen LogP contribution in [-0.4, -0.2) is 77.6 Å². The molecule has 1 aliphatic carbocycles. The molecule has 0 unspecified atom stereocenters. The van der Waals surface area contributed by atoms with Crippen LogP contribution in [0.5, 0.6) is 0 Å². The molecule has 0 bridgehead atoms. The molecule has 0 saturated heterocycles. The van der Waals surface area contributed by atoms with E-state index in [9.17, 15) is 0 Å². The number of rotatable bonds is 11. The molecule has 1 aliphatic rings. The third-order valence-corrected chi connectivity index (χ3v) is 4.21. The van der Waals surface area contributed by atoms with E-state index in [0.717, 1.165) is 51.8 Å². The Kier molecular flexibility index (Phi) is 11.9. The van der Waals surface area contributed by atoms with Gasteiger partial charge in [-0.1, -0.05) is 19.3 Å². The topological polar surface area (TPSA) is 58.1 Å². The van der Waals surface area contributed by atoms with Gasteiger partial charge in [-0.05, 0) is 26.3 Å². The molecule has 2 N–H and O–H groups in total. The SMILES string of the molecule is CN=C(NCCCOC1CCCCC1)NCCN(C)CCOC. The maximum absolute atomic E-state index is 5.93. The molecule has 0 aliphatic heterocycles. The molecule has 0 atom stereocenters.